The molecule has 0 fully saturated rings. The maximum absolute atomic E-state index is 13.4. The highest BCUT2D eigenvalue weighted by Crippen LogP contribution is 2.14. The van der Waals surface area contributed by atoms with Crippen LogP contribution in [-0.4, -0.2) is 4.99 Å². The summed E-state index contributed by atoms with van der Waals surface area (Å²) in [6.45, 7) is 0.874. The molecule has 0 saturated heterocycles. The summed E-state index contributed by atoms with van der Waals surface area (Å²) >= 11 is 8.18. The molecular formula is C15H13BrFNOS. The van der Waals surface area contributed by atoms with E-state index in [4.69, 9.17) is 22.7 Å². The van der Waals surface area contributed by atoms with Crippen molar-refractivity contribution in [3.05, 3.63) is 69.4 Å². The topological polar surface area (TPSA) is 35.2 Å². The Bertz CT molecular complexity index is 616. The Hall–Kier alpha value is -1.30. The molecule has 0 amide bonds. The molecule has 2 aromatic rings. The second-order valence-corrected chi connectivity index (χ2v) is 5.65. The molecule has 0 heterocycles. The van der Waals surface area contributed by atoms with E-state index < -0.39 is 5.82 Å². The SMILES string of the molecule is NC(=S)c1cc(COCc2ccc(Br)cc2)ccc1F. The standard InChI is InChI=1S/C15H13BrFNOS/c16-12-4-1-10(2-5-12)8-19-9-11-3-6-14(17)13(7-11)15(18)20/h1-7H,8-9H2,(H2,18,20). The minimum atomic E-state index is -0.408. The Morgan fingerprint density at radius 1 is 1.10 bits per heavy atom. The predicted octanol–water partition coefficient (Wildman–Crippen LogP) is 3.94. The minimum Gasteiger partial charge on any atom is -0.389 e. The molecule has 0 spiro atoms. The summed E-state index contributed by atoms with van der Waals surface area (Å²) < 4.78 is 20.1. The van der Waals surface area contributed by atoms with Gasteiger partial charge in [-0.25, -0.2) is 4.39 Å². The average molecular weight is 354 g/mol. The monoisotopic (exact) mass is 353 g/mol. The molecule has 0 aromatic heterocycles. The van der Waals surface area contributed by atoms with E-state index in [1.165, 1.54) is 6.07 Å². The quantitative estimate of drug-likeness (QED) is 0.826. The molecule has 0 unspecified atom stereocenters. The van der Waals surface area contributed by atoms with Gasteiger partial charge in [0.25, 0.3) is 0 Å². The van der Waals surface area contributed by atoms with Gasteiger partial charge in [-0.15, -0.1) is 0 Å². The molecular weight excluding hydrogens is 341 g/mol. The fourth-order valence-corrected chi connectivity index (χ4v) is 2.14. The van der Waals surface area contributed by atoms with Gasteiger partial charge in [0.1, 0.15) is 10.8 Å². The first-order chi connectivity index (χ1) is 9.56. The number of hydrogen-bond donors (Lipinski definition) is 1. The molecule has 2 aromatic carbocycles. The second kappa shape index (κ2) is 6.92. The molecule has 104 valence electrons. The lowest BCUT2D eigenvalue weighted by molar-refractivity contribution is 0.107. The molecule has 20 heavy (non-hydrogen) atoms. The maximum atomic E-state index is 13.4. The number of nitrogens with two attached hydrogens (primary N) is 1. The van der Waals surface area contributed by atoms with Crippen LogP contribution in [0.2, 0.25) is 0 Å². The molecule has 2 nitrogen and oxygen atoms in total. The lowest BCUT2D eigenvalue weighted by atomic mass is 10.1. The summed E-state index contributed by atoms with van der Waals surface area (Å²) in [5, 5.41) is 0. The lowest BCUT2D eigenvalue weighted by Gasteiger charge is -2.07. The number of halogens is 2. The number of ether oxygens (including phenoxy) is 1. The van der Waals surface area contributed by atoms with Gasteiger partial charge in [0.05, 0.1) is 13.2 Å². The first kappa shape index (κ1) is 15.1. The van der Waals surface area contributed by atoms with Gasteiger partial charge in [-0.2, -0.15) is 0 Å². The summed E-state index contributed by atoms with van der Waals surface area (Å²) in [5.41, 5.74) is 7.63. The van der Waals surface area contributed by atoms with Crippen molar-refractivity contribution < 1.29 is 9.13 Å². The molecule has 0 saturated carbocycles. The zero-order chi connectivity index (χ0) is 14.5. The number of hydrogen-bond acceptors (Lipinski definition) is 2. The number of benzene rings is 2. The van der Waals surface area contributed by atoms with Crippen LogP contribution in [0.5, 0.6) is 0 Å². The van der Waals surface area contributed by atoms with Crippen molar-refractivity contribution in [1.29, 1.82) is 0 Å². The van der Waals surface area contributed by atoms with Crippen molar-refractivity contribution in [3.63, 3.8) is 0 Å². The second-order valence-electron chi connectivity index (χ2n) is 4.30. The third-order valence-corrected chi connectivity index (χ3v) is 3.50. The summed E-state index contributed by atoms with van der Waals surface area (Å²) in [5.74, 6) is -0.408. The molecule has 5 heteroatoms. The van der Waals surface area contributed by atoms with Crippen LogP contribution in [0.3, 0.4) is 0 Å². The van der Waals surface area contributed by atoms with Gasteiger partial charge < -0.3 is 10.5 Å². The zero-order valence-electron chi connectivity index (χ0n) is 10.6. The molecule has 0 bridgehead atoms. The summed E-state index contributed by atoms with van der Waals surface area (Å²) in [6.07, 6.45) is 0. The largest absolute Gasteiger partial charge is 0.389 e. The van der Waals surface area contributed by atoms with Crippen LogP contribution in [0.1, 0.15) is 16.7 Å². The Balaban J connectivity index is 1.96. The van der Waals surface area contributed by atoms with Crippen molar-refractivity contribution in [1.82, 2.24) is 0 Å². The molecule has 0 radical (unpaired) electrons. The fraction of sp³-hybridized carbons (Fsp3) is 0.133. The first-order valence-electron chi connectivity index (χ1n) is 5.96. The van der Waals surface area contributed by atoms with Gasteiger partial charge in [0.15, 0.2) is 0 Å². The Morgan fingerprint density at radius 2 is 1.70 bits per heavy atom. The van der Waals surface area contributed by atoms with Crippen LogP contribution in [0, 0.1) is 5.82 Å². The van der Waals surface area contributed by atoms with Crippen LogP contribution in [0.4, 0.5) is 4.39 Å². The number of thiocarbonyl (C=S) groups is 1. The predicted molar refractivity (Wildman–Crippen MR) is 84.9 cm³/mol. The number of rotatable bonds is 5. The van der Waals surface area contributed by atoms with E-state index in [1.54, 1.807) is 12.1 Å². The van der Waals surface area contributed by atoms with Gasteiger partial charge in [-0.1, -0.05) is 46.3 Å². The van der Waals surface area contributed by atoms with Crippen molar-refractivity contribution >= 4 is 33.1 Å². The molecule has 0 aliphatic carbocycles. The van der Waals surface area contributed by atoms with Gasteiger partial charge >= 0.3 is 0 Å². The highest BCUT2D eigenvalue weighted by molar-refractivity contribution is 9.10. The minimum absolute atomic E-state index is 0.0530. The van der Waals surface area contributed by atoms with E-state index >= 15 is 0 Å². The van der Waals surface area contributed by atoms with Gasteiger partial charge in [0.2, 0.25) is 0 Å². The van der Waals surface area contributed by atoms with Crippen LogP contribution in [0.15, 0.2) is 46.9 Å². The van der Waals surface area contributed by atoms with Crippen molar-refractivity contribution in [2.75, 3.05) is 0 Å². The van der Waals surface area contributed by atoms with E-state index in [1.807, 2.05) is 24.3 Å². The van der Waals surface area contributed by atoms with Crippen molar-refractivity contribution in [2.24, 2.45) is 5.73 Å². The van der Waals surface area contributed by atoms with Crippen LogP contribution < -0.4 is 5.73 Å². The fourth-order valence-electron chi connectivity index (χ4n) is 1.72. The molecule has 0 aliphatic heterocycles. The van der Waals surface area contributed by atoms with E-state index in [9.17, 15) is 4.39 Å². The van der Waals surface area contributed by atoms with Crippen LogP contribution in [0.25, 0.3) is 0 Å². The third kappa shape index (κ3) is 4.10. The van der Waals surface area contributed by atoms with Crippen molar-refractivity contribution in [2.45, 2.75) is 13.2 Å². The normalized spacial score (nSPS) is 10.5. The maximum Gasteiger partial charge on any atom is 0.133 e. The molecule has 2 N–H and O–H groups in total. The van der Waals surface area contributed by atoms with Crippen LogP contribution in [-0.2, 0) is 18.0 Å². The van der Waals surface area contributed by atoms with E-state index in [-0.39, 0.29) is 10.6 Å². The van der Waals surface area contributed by atoms with E-state index in [0.717, 1.165) is 15.6 Å². The Kier molecular flexibility index (Phi) is 5.23. The Labute approximate surface area is 130 Å². The average Bonchev–Trinajstić information content (AvgIpc) is 2.42. The molecule has 2 rings (SSSR count). The summed E-state index contributed by atoms with van der Waals surface area (Å²) in [6, 6.07) is 12.5. The molecule has 0 aliphatic rings. The highest BCUT2D eigenvalue weighted by atomic mass is 79.9. The third-order valence-electron chi connectivity index (χ3n) is 2.75. The summed E-state index contributed by atoms with van der Waals surface area (Å²) in [7, 11) is 0. The molecule has 0 atom stereocenters. The van der Waals surface area contributed by atoms with Gasteiger partial charge in [0, 0.05) is 10.0 Å². The first-order valence-corrected chi connectivity index (χ1v) is 7.17. The van der Waals surface area contributed by atoms with Crippen LogP contribution >= 0.6 is 28.1 Å². The smallest absolute Gasteiger partial charge is 0.133 e. The van der Waals surface area contributed by atoms with E-state index in [2.05, 4.69) is 15.9 Å². The Morgan fingerprint density at radius 3 is 2.35 bits per heavy atom. The lowest BCUT2D eigenvalue weighted by Crippen LogP contribution is -2.12. The highest BCUT2D eigenvalue weighted by Gasteiger charge is 2.06. The zero-order valence-corrected chi connectivity index (χ0v) is 13.0. The van der Waals surface area contributed by atoms with Gasteiger partial charge in [-0.3, -0.25) is 0 Å². The van der Waals surface area contributed by atoms with E-state index in [0.29, 0.717) is 13.2 Å². The van der Waals surface area contributed by atoms with Gasteiger partial charge in [-0.05, 0) is 35.4 Å². The summed E-state index contributed by atoms with van der Waals surface area (Å²) in [4.78, 5) is 0.0530. The van der Waals surface area contributed by atoms with Crippen molar-refractivity contribution in [3.8, 4) is 0 Å².